The second-order valence-electron chi connectivity index (χ2n) is 4.58. The Morgan fingerprint density at radius 2 is 2.15 bits per heavy atom. The molecule has 0 fully saturated rings. The number of hydrogen-bond acceptors (Lipinski definition) is 5. The van der Waals surface area contributed by atoms with Gasteiger partial charge < -0.3 is 10.7 Å². The van der Waals surface area contributed by atoms with Gasteiger partial charge in [0.2, 0.25) is 0 Å². The lowest BCUT2D eigenvalue weighted by molar-refractivity contribution is 0.0951. The summed E-state index contributed by atoms with van der Waals surface area (Å²) in [5.74, 6) is 5.19. The largest absolute Gasteiger partial charge is 0.348 e. The minimum Gasteiger partial charge on any atom is -0.348 e. The summed E-state index contributed by atoms with van der Waals surface area (Å²) in [5, 5.41) is 6.97. The summed E-state index contributed by atoms with van der Waals surface area (Å²) in [4.78, 5) is 16.3. The Kier molecular flexibility index (Phi) is 3.99. The number of carbonyl (C=O) groups excluding carboxylic acids is 1. The Hall–Kier alpha value is -2.41. The van der Waals surface area contributed by atoms with Crippen molar-refractivity contribution in [1.29, 1.82) is 0 Å². The van der Waals surface area contributed by atoms with E-state index < -0.39 is 0 Å². The van der Waals surface area contributed by atoms with E-state index in [0.717, 1.165) is 17.0 Å². The Labute approximate surface area is 117 Å². The third kappa shape index (κ3) is 2.77. The SMILES string of the molecule is Cc1cc(NN)c(C(=O)NCc2cnn(C)c2C)cn1. The van der Waals surface area contributed by atoms with Gasteiger partial charge in [-0.1, -0.05) is 0 Å². The zero-order valence-electron chi connectivity index (χ0n) is 11.8. The molecule has 0 saturated carbocycles. The molecule has 0 aliphatic carbocycles. The molecule has 0 bridgehead atoms. The maximum Gasteiger partial charge on any atom is 0.255 e. The average molecular weight is 274 g/mol. The van der Waals surface area contributed by atoms with Crippen molar-refractivity contribution >= 4 is 11.6 Å². The number of anilines is 1. The number of pyridine rings is 1. The predicted octanol–water partition coefficient (Wildman–Crippen LogP) is 0.648. The van der Waals surface area contributed by atoms with Gasteiger partial charge in [-0.25, -0.2) is 0 Å². The molecule has 0 spiro atoms. The topological polar surface area (TPSA) is 97.9 Å². The highest BCUT2D eigenvalue weighted by Crippen LogP contribution is 2.14. The van der Waals surface area contributed by atoms with E-state index in [1.807, 2.05) is 20.9 Å². The molecule has 2 aromatic heterocycles. The van der Waals surface area contributed by atoms with Crippen molar-refractivity contribution in [3.05, 3.63) is 41.0 Å². The van der Waals surface area contributed by atoms with Crippen LogP contribution in [0.15, 0.2) is 18.5 Å². The molecule has 0 aromatic carbocycles. The highest BCUT2D eigenvalue weighted by molar-refractivity contribution is 5.99. The summed E-state index contributed by atoms with van der Waals surface area (Å²) in [5.41, 5.74) is 6.27. The maximum atomic E-state index is 12.2. The fraction of sp³-hybridized carbons (Fsp3) is 0.308. The highest BCUT2D eigenvalue weighted by atomic mass is 16.1. The van der Waals surface area contributed by atoms with Crippen LogP contribution in [-0.2, 0) is 13.6 Å². The Bertz CT molecular complexity index is 634. The molecule has 0 radical (unpaired) electrons. The van der Waals surface area contributed by atoms with E-state index in [1.54, 1.807) is 16.9 Å². The number of hydrogen-bond donors (Lipinski definition) is 3. The molecule has 0 aliphatic rings. The van der Waals surface area contributed by atoms with Crippen LogP contribution in [0.2, 0.25) is 0 Å². The average Bonchev–Trinajstić information content (AvgIpc) is 2.76. The monoisotopic (exact) mass is 274 g/mol. The van der Waals surface area contributed by atoms with Gasteiger partial charge in [-0.2, -0.15) is 5.10 Å². The van der Waals surface area contributed by atoms with Crippen molar-refractivity contribution in [3.8, 4) is 0 Å². The summed E-state index contributed by atoms with van der Waals surface area (Å²) in [6, 6.07) is 1.73. The number of nitrogens with one attached hydrogen (secondary N) is 2. The Morgan fingerprint density at radius 3 is 2.75 bits per heavy atom. The van der Waals surface area contributed by atoms with Crippen LogP contribution in [0.25, 0.3) is 0 Å². The quantitative estimate of drug-likeness (QED) is 0.561. The van der Waals surface area contributed by atoms with Gasteiger partial charge >= 0.3 is 0 Å². The molecule has 7 heteroatoms. The van der Waals surface area contributed by atoms with E-state index in [1.165, 1.54) is 6.20 Å². The first-order valence-electron chi connectivity index (χ1n) is 6.22. The lowest BCUT2D eigenvalue weighted by Crippen LogP contribution is -2.25. The van der Waals surface area contributed by atoms with Crippen LogP contribution < -0.4 is 16.6 Å². The molecule has 20 heavy (non-hydrogen) atoms. The fourth-order valence-electron chi connectivity index (χ4n) is 1.85. The highest BCUT2D eigenvalue weighted by Gasteiger charge is 2.12. The fourth-order valence-corrected chi connectivity index (χ4v) is 1.85. The zero-order valence-corrected chi connectivity index (χ0v) is 11.8. The first kappa shape index (κ1) is 14.0. The van der Waals surface area contributed by atoms with Crippen LogP contribution in [-0.4, -0.2) is 20.7 Å². The van der Waals surface area contributed by atoms with Gasteiger partial charge in [0.25, 0.3) is 5.91 Å². The molecule has 0 unspecified atom stereocenters. The molecule has 0 saturated heterocycles. The third-order valence-electron chi connectivity index (χ3n) is 3.22. The van der Waals surface area contributed by atoms with Gasteiger partial charge in [-0.3, -0.25) is 20.3 Å². The Morgan fingerprint density at radius 1 is 1.40 bits per heavy atom. The second kappa shape index (κ2) is 5.70. The molecule has 4 N–H and O–H groups in total. The molecule has 2 heterocycles. The minimum absolute atomic E-state index is 0.228. The van der Waals surface area contributed by atoms with Crippen molar-refractivity contribution in [2.24, 2.45) is 12.9 Å². The summed E-state index contributed by atoms with van der Waals surface area (Å²) in [6.45, 7) is 4.20. The number of nitrogens with two attached hydrogens (primary N) is 1. The molecule has 106 valence electrons. The number of nitrogen functional groups attached to an aromatic ring is 1. The van der Waals surface area contributed by atoms with Crippen molar-refractivity contribution in [2.45, 2.75) is 20.4 Å². The van der Waals surface area contributed by atoms with Gasteiger partial charge in [0, 0.05) is 36.7 Å². The number of aryl methyl sites for hydroxylation is 2. The second-order valence-corrected chi connectivity index (χ2v) is 4.58. The van der Waals surface area contributed by atoms with Crippen LogP contribution >= 0.6 is 0 Å². The predicted molar refractivity (Wildman–Crippen MR) is 75.9 cm³/mol. The first-order chi connectivity index (χ1) is 9.52. The van der Waals surface area contributed by atoms with Gasteiger partial charge in [-0.05, 0) is 19.9 Å². The molecule has 2 rings (SSSR count). The van der Waals surface area contributed by atoms with Gasteiger partial charge in [0.15, 0.2) is 0 Å². The molecule has 1 amide bonds. The van der Waals surface area contributed by atoms with E-state index in [0.29, 0.717) is 17.8 Å². The van der Waals surface area contributed by atoms with Crippen LogP contribution in [0, 0.1) is 13.8 Å². The number of rotatable bonds is 4. The van der Waals surface area contributed by atoms with Crippen molar-refractivity contribution in [1.82, 2.24) is 20.1 Å². The van der Waals surface area contributed by atoms with Gasteiger partial charge in [-0.15, -0.1) is 0 Å². The number of nitrogens with zero attached hydrogens (tertiary/aromatic N) is 3. The van der Waals surface area contributed by atoms with E-state index in [4.69, 9.17) is 5.84 Å². The number of amides is 1. The van der Waals surface area contributed by atoms with E-state index in [2.05, 4.69) is 20.8 Å². The van der Waals surface area contributed by atoms with Crippen molar-refractivity contribution in [2.75, 3.05) is 5.43 Å². The molecule has 0 aliphatic heterocycles. The molecule has 0 atom stereocenters. The molecule has 7 nitrogen and oxygen atoms in total. The van der Waals surface area contributed by atoms with Crippen LogP contribution in [0.4, 0.5) is 5.69 Å². The van der Waals surface area contributed by atoms with Gasteiger partial charge in [0.1, 0.15) is 0 Å². The van der Waals surface area contributed by atoms with Crippen LogP contribution in [0.5, 0.6) is 0 Å². The summed E-state index contributed by atoms with van der Waals surface area (Å²) < 4.78 is 1.77. The molecular weight excluding hydrogens is 256 g/mol. The zero-order chi connectivity index (χ0) is 14.7. The van der Waals surface area contributed by atoms with E-state index in [-0.39, 0.29) is 5.91 Å². The van der Waals surface area contributed by atoms with Gasteiger partial charge in [0.05, 0.1) is 17.4 Å². The summed E-state index contributed by atoms with van der Waals surface area (Å²) in [7, 11) is 1.86. The van der Waals surface area contributed by atoms with E-state index >= 15 is 0 Å². The standard InChI is InChI=1S/C13H18N6O/c1-8-4-12(18-14)11(7-15-8)13(20)16-5-10-6-17-19(3)9(10)2/h4,6-7H,5,14H2,1-3H3,(H,15,18)(H,16,20). The minimum atomic E-state index is -0.228. The van der Waals surface area contributed by atoms with E-state index in [9.17, 15) is 4.79 Å². The normalized spacial score (nSPS) is 10.4. The summed E-state index contributed by atoms with van der Waals surface area (Å²) >= 11 is 0. The van der Waals surface area contributed by atoms with Crippen LogP contribution in [0.3, 0.4) is 0 Å². The van der Waals surface area contributed by atoms with Crippen molar-refractivity contribution < 1.29 is 4.79 Å². The summed E-state index contributed by atoms with van der Waals surface area (Å²) in [6.07, 6.45) is 3.25. The number of hydrazine groups is 1. The maximum absolute atomic E-state index is 12.2. The molecular formula is C13H18N6O. The van der Waals surface area contributed by atoms with Crippen molar-refractivity contribution in [3.63, 3.8) is 0 Å². The molecule has 2 aromatic rings. The Balaban J connectivity index is 2.11. The first-order valence-corrected chi connectivity index (χ1v) is 6.22. The smallest absolute Gasteiger partial charge is 0.255 e. The lowest BCUT2D eigenvalue weighted by Gasteiger charge is -2.10. The number of aromatic nitrogens is 3. The number of carbonyl (C=O) groups is 1. The third-order valence-corrected chi connectivity index (χ3v) is 3.22. The lowest BCUT2D eigenvalue weighted by atomic mass is 10.2. The van der Waals surface area contributed by atoms with Crippen LogP contribution in [0.1, 0.15) is 27.3 Å².